The number of likely N-dealkylation sites (tertiary alicyclic amines) is 1. The van der Waals surface area contributed by atoms with Crippen molar-refractivity contribution in [2.75, 3.05) is 18.1 Å². The number of aryl methyl sites for hydroxylation is 1. The van der Waals surface area contributed by atoms with Crippen molar-refractivity contribution in [3.05, 3.63) is 77.3 Å². The number of halogens is 1. The summed E-state index contributed by atoms with van der Waals surface area (Å²) in [6.45, 7) is 5.38. The average molecular weight is 539 g/mol. The summed E-state index contributed by atoms with van der Waals surface area (Å²) in [4.78, 5) is 43.9. The first kappa shape index (κ1) is 26.4. The molecule has 200 valence electrons. The van der Waals surface area contributed by atoms with E-state index in [0.717, 1.165) is 11.1 Å². The molecule has 0 aromatic heterocycles. The van der Waals surface area contributed by atoms with Crippen molar-refractivity contribution in [2.24, 2.45) is 11.8 Å². The number of carbonyl (C=O) groups excluding carboxylic acids is 2. The molecule has 38 heavy (non-hydrogen) atoms. The molecular formula is C29H31ClN2O6. The number of carboxylic acid groups (broad SMARTS) is 1. The largest absolute Gasteiger partial charge is 0.481 e. The monoisotopic (exact) mass is 538 g/mol. The number of ether oxygens (including phenoxy) is 1. The highest BCUT2D eigenvalue weighted by Gasteiger charge is 2.75. The molecule has 6 atom stereocenters. The van der Waals surface area contributed by atoms with E-state index in [-0.39, 0.29) is 6.54 Å². The number of nitrogens with zero attached hydrogens (tertiary/aromatic N) is 2. The second kappa shape index (κ2) is 10.2. The molecule has 3 aliphatic heterocycles. The van der Waals surface area contributed by atoms with Gasteiger partial charge in [-0.25, -0.2) is 0 Å². The molecule has 3 heterocycles. The molecule has 9 heteroatoms. The number of benzene rings is 2. The van der Waals surface area contributed by atoms with Crippen LogP contribution in [0.15, 0.2) is 61.2 Å². The number of fused-ring (bicyclic) bond motifs is 1. The zero-order chi connectivity index (χ0) is 27.2. The lowest BCUT2D eigenvalue weighted by molar-refractivity contribution is -0.151. The Balaban J connectivity index is 1.64. The van der Waals surface area contributed by atoms with E-state index in [1.165, 1.54) is 9.80 Å². The number of aliphatic carboxylic acids is 1. The minimum Gasteiger partial charge on any atom is -0.481 e. The van der Waals surface area contributed by atoms with Gasteiger partial charge >= 0.3 is 5.97 Å². The van der Waals surface area contributed by atoms with E-state index in [1.54, 1.807) is 18.2 Å². The minimum atomic E-state index is -1.30. The Labute approximate surface area is 226 Å². The van der Waals surface area contributed by atoms with Crippen LogP contribution in [0.25, 0.3) is 0 Å². The van der Waals surface area contributed by atoms with Gasteiger partial charge in [-0.15, -0.1) is 6.58 Å². The van der Waals surface area contributed by atoms with Crippen LogP contribution in [0.4, 0.5) is 5.69 Å². The van der Waals surface area contributed by atoms with Gasteiger partial charge in [-0.3, -0.25) is 14.4 Å². The second-order valence-electron chi connectivity index (χ2n) is 10.3. The molecule has 2 N–H and O–H groups in total. The molecule has 2 aromatic carbocycles. The van der Waals surface area contributed by atoms with Gasteiger partial charge in [0.2, 0.25) is 5.91 Å². The molecule has 5 rings (SSSR count). The molecule has 2 amide bonds. The zero-order valence-corrected chi connectivity index (χ0v) is 21.9. The summed E-state index contributed by atoms with van der Waals surface area (Å²) in [6.07, 6.45) is 2.04. The van der Waals surface area contributed by atoms with Gasteiger partial charge in [0.15, 0.2) is 0 Å². The average Bonchev–Trinajstić information content (AvgIpc) is 3.54. The Morgan fingerprint density at radius 3 is 2.63 bits per heavy atom. The Hall–Kier alpha value is -3.20. The van der Waals surface area contributed by atoms with Crippen molar-refractivity contribution in [1.82, 2.24) is 4.90 Å². The summed E-state index contributed by atoms with van der Waals surface area (Å²) in [5, 5.41) is 20.9. The Kier molecular flexibility index (Phi) is 7.07. The first-order valence-corrected chi connectivity index (χ1v) is 13.2. The fourth-order valence-corrected chi connectivity index (χ4v) is 7.04. The summed E-state index contributed by atoms with van der Waals surface area (Å²) < 4.78 is 6.33. The van der Waals surface area contributed by atoms with Gasteiger partial charge in [-0.05, 0) is 43.4 Å². The molecule has 2 unspecified atom stereocenters. The molecular weight excluding hydrogens is 508 g/mol. The summed E-state index contributed by atoms with van der Waals surface area (Å²) in [6, 6.07) is 12.8. The van der Waals surface area contributed by atoms with Gasteiger partial charge < -0.3 is 24.7 Å². The summed E-state index contributed by atoms with van der Waals surface area (Å²) >= 11 is 6.57. The molecule has 8 nitrogen and oxygen atoms in total. The number of carboxylic acids is 1. The number of hydrogen-bond acceptors (Lipinski definition) is 5. The number of rotatable bonds is 9. The van der Waals surface area contributed by atoms with Crippen molar-refractivity contribution in [3.8, 4) is 0 Å². The van der Waals surface area contributed by atoms with Gasteiger partial charge in [0, 0.05) is 6.54 Å². The van der Waals surface area contributed by atoms with Crippen LogP contribution < -0.4 is 4.90 Å². The number of anilines is 1. The summed E-state index contributed by atoms with van der Waals surface area (Å²) in [7, 11) is 0. The quantitative estimate of drug-likeness (QED) is 0.475. The van der Waals surface area contributed by atoms with E-state index in [1.807, 2.05) is 43.3 Å². The number of hydrogen-bond donors (Lipinski definition) is 2. The molecule has 3 saturated heterocycles. The van der Waals surface area contributed by atoms with Crippen LogP contribution in [-0.4, -0.2) is 69.8 Å². The maximum Gasteiger partial charge on any atom is 0.310 e. The molecule has 0 saturated carbocycles. The van der Waals surface area contributed by atoms with E-state index in [0.29, 0.717) is 30.0 Å². The molecule has 0 radical (unpaired) electrons. The summed E-state index contributed by atoms with van der Waals surface area (Å²) in [5.41, 5.74) is 0.837. The van der Waals surface area contributed by atoms with Crippen LogP contribution in [0.3, 0.4) is 0 Å². The van der Waals surface area contributed by atoms with Crippen molar-refractivity contribution in [1.29, 1.82) is 0 Å². The third-order valence-electron chi connectivity index (χ3n) is 8.21. The van der Waals surface area contributed by atoms with Crippen molar-refractivity contribution >= 4 is 35.1 Å². The molecule has 3 aliphatic rings. The minimum absolute atomic E-state index is 0.122. The molecule has 1 spiro atoms. The third-order valence-corrected chi connectivity index (χ3v) is 8.52. The van der Waals surface area contributed by atoms with Crippen molar-refractivity contribution < 1.29 is 29.3 Å². The number of aliphatic hydroxyl groups excluding tert-OH is 1. The SMILES string of the molecule is C=CCN(C(=O)C1N([C@@H](CO)Cc2ccccc2)C(=O)[C@@H]2[C@H](C(=O)O)[C@@H]3CCC12O3)c1c(C)cccc1Cl. The van der Waals surface area contributed by atoms with Crippen LogP contribution in [0.2, 0.25) is 5.02 Å². The van der Waals surface area contributed by atoms with Crippen molar-refractivity contribution in [2.45, 2.75) is 50.0 Å². The van der Waals surface area contributed by atoms with Crippen LogP contribution >= 0.6 is 11.6 Å². The lowest BCUT2D eigenvalue weighted by Crippen LogP contribution is -2.59. The highest BCUT2D eigenvalue weighted by atomic mass is 35.5. The summed E-state index contributed by atoms with van der Waals surface area (Å²) in [5.74, 6) is -4.09. The Bertz CT molecular complexity index is 1250. The predicted octanol–water partition coefficient (Wildman–Crippen LogP) is 3.23. The molecule has 0 aliphatic carbocycles. The van der Waals surface area contributed by atoms with Gasteiger partial charge in [0.1, 0.15) is 11.6 Å². The highest BCUT2D eigenvalue weighted by Crippen LogP contribution is 2.59. The lowest BCUT2D eigenvalue weighted by Gasteiger charge is -2.39. The van der Waals surface area contributed by atoms with Gasteiger partial charge in [0.25, 0.3) is 5.91 Å². The fourth-order valence-electron chi connectivity index (χ4n) is 6.72. The first-order chi connectivity index (χ1) is 18.2. The van der Waals surface area contributed by atoms with E-state index in [9.17, 15) is 24.6 Å². The fraction of sp³-hybridized carbons (Fsp3) is 0.414. The maximum atomic E-state index is 14.6. The van der Waals surface area contributed by atoms with Crippen LogP contribution in [-0.2, 0) is 25.5 Å². The Morgan fingerprint density at radius 2 is 2.00 bits per heavy atom. The number of amides is 2. The van der Waals surface area contributed by atoms with Gasteiger partial charge in [-0.1, -0.05) is 60.1 Å². The second-order valence-corrected chi connectivity index (χ2v) is 10.7. The number of para-hydroxylation sites is 1. The zero-order valence-electron chi connectivity index (χ0n) is 21.1. The van der Waals surface area contributed by atoms with E-state index >= 15 is 0 Å². The normalized spacial score (nSPS) is 28.3. The van der Waals surface area contributed by atoms with Gasteiger partial charge in [0.05, 0.1) is 41.3 Å². The number of carbonyl (C=O) groups is 3. The van der Waals surface area contributed by atoms with Crippen LogP contribution in [0.1, 0.15) is 24.0 Å². The van der Waals surface area contributed by atoms with Crippen LogP contribution in [0.5, 0.6) is 0 Å². The van der Waals surface area contributed by atoms with Crippen molar-refractivity contribution in [3.63, 3.8) is 0 Å². The third kappa shape index (κ3) is 4.02. The number of aliphatic hydroxyl groups is 1. The molecule has 2 aromatic rings. The predicted molar refractivity (Wildman–Crippen MR) is 142 cm³/mol. The smallest absolute Gasteiger partial charge is 0.310 e. The first-order valence-electron chi connectivity index (χ1n) is 12.8. The highest BCUT2D eigenvalue weighted by molar-refractivity contribution is 6.34. The van der Waals surface area contributed by atoms with E-state index in [2.05, 4.69) is 6.58 Å². The topological polar surface area (TPSA) is 107 Å². The maximum absolute atomic E-state index is 14.6. The van der Waals surface area contributed by atoms with Crippen LogP contribution in [0, 0.1) is 18.8 Å². The Morgan fingerprint density at radius 1 is 1.26 bits per heavy atom. The molecule has 3 fully saturated rings. The van der Waals surface area contributed by atoms with E-state index in [4.69, 9.17) is 16.3 Å². The molecule has 2 bridgehead atoms. The lowest BCUT2D eigenvalue weighted by atomic mass is 9.70. The van der Waals surface area contributed by atoms with E-state index < -0.39 is 60.0 Å². The standard InChI is InChI=1S/C29H31ClN2O6/c1-3-14-31(24-17(2)8-7-11-20(24)30)27(35)25-29-13-12-21(38-29)22(28(36)37)23(29)26(34)32(25)19(16-33)15-18-9-5-4-6-10-18/h3-11,19,21-23,25,33H,1,12-16H2,2H3,(H,36,37)/t19-,21+,22-,23+,25?,29?/m1/s1. The van der Waals surface area contributed by atoms with Gasteiger partial charge in [-0.2, -0.15) is 0 Å².